The Morgan fingerprint density at radius 1 is 1.11 bits per heavy atom. The summed E-state index contributed by atoms with van der Waals surface area (Å²) in [7, 11) is 0. The van der Waals surface area contributed by atoms with Gasteiger partial charge in [-0.15, -0.1) is 0 Å². The van der Waals surface area contributed by atoms with Gasteiger partial charge in [0.2, 0.25) is 0 Å². The molecule has 18 heavy (non-hydrogen) atoms. The van der Waals surface area contributed by atoms with Gasteiger partial charge >= 0.3 is 0 Å². The van der Waals surface area contributed by atoms with Crippen LogP contribution in [0.4, 0.5) is 0 Å². The Morgan fingerprint density at radius 2 is 1.94 bits per heavy atom. The number of aryl methyl sites for hydroxylation is 1. The first kappa shape index (κ1) is 11.0. The molecule has 0 aromatic heterocycles. The van der Waals surface area contributed by atoms with Crippen molar-refractivity contribution in [3.05, 3.63) is 35.4 Å². The number of piperidine rings is 1. The Kier molecular flexibility index (Phi) is 2.49. The zero-order valence-electron chi connectivity index (χ0n) is 10.9. The van der Waals surface area contributed by atoms with Crippen LogP contribution in [0, 0.1) is 5.41 Å². The topological polar surface area (TPSA) is 24.1 Å². The van der Waals surface area contributed by atoms with Crippen molar-refractivity contribution in [1.82, 2.24) is 10.6 Å². The van der Waals surface area contributed by atoms with Crippen LogP contribution < -0.4 is 10.6 Å². The molecule has 2 fully saturated rings. The fraction of sp³-hybridized carbons (Fsp3) is 0.625. The van der Waals surface area contributed by atoms with E-state index in [0.29, 0.717) is 5.41 Å². The van der Waals surface area contributed by atoms with Crippen molar-refractivity contribution < 1.29 is 0 Å². The number of fused-ring (bicyclic) bond motifs is 1. The van der Waals surface area contributed by atoms with E-state index in [-0.39, 0.29) is 0 Å². The molecule has 2 aliphatic heterocycles. The average molecular weight is 242 g/mol. The van der Waals surface area contributed by atoms with Gasteiger partial charge in [0.05, 0.1) is 0 Å². The minimum absolute atomic E-state index is 0.605. The van der Waals surface area contributed by atoms with Crippen molar-refractivity contribution >= 4 is 0 Å². The fourth-order valence-corrected chi connectivity index (χ4v) is 4.43. The molecule has 2 saturated heterocycles. The lowest BCUT2D eigenvalue weighted by molar-refractivity contribution is 0.0278. The van der Waals surface area contributed by atoms with Crippen molar-refractivity contribution in [1.29, 1.82) is 0 Å². The molecule has 2 heteroatoms. The predicted octanol–water partition coefficient (Wildman–Crippen LogP) is 2.06. The number of benzene rings is 1. The van der Waals surface area contributed by atoms with Gasteiger partial charge in [-0.2, -0.15) is 0 Å². The maximum atomic E-state index is 3.76. The monoisotopic (exact) mass is 242 g/mol. The number of hydrogen-bond donors (Lipinski definition) is 2. The van der Waals surface area contributed by atoms with Crippen LogP contribution in [0.2, 0.25) is 0 Å². The largest absolute Gasteiger partial charge is 0.317 e. The molecular formula is C16H22N2. The molecule has 2 unspecified atom stereocenters. The maximum absolute atomic E-state index is 3.76. The van der Waals surface area contributed by atoms with E-state index in [2.05, 4.69) is 34.9 Å². The Balaban J connectivity index is 1.61. The highest BCUT2D eigenvalue weighted by Gasteiger charge is 2.51. The van der Waals surface area contributed by atoms with Gasteiger partial charge in [-0.3, -0.25) is 0 Å². The van der Waals surface area contributed by atoms with Crippen molar-refractivity contribution in [2.75, 3.05) is 19.6 Å². The third-order valence-electron chi connectivity index (χ3n) is 5.51. The van der Waals surface area contributed by atoms with E-state index in [0.717, 1.165) is 12.0 Å². The van der Waals surface area contributed by atoms with Gasteiger partial charge in [-0.05, 0) is 49.9 Å². The molecule has 3 aliphatic rings. The maximum Gasteiger partial charge on any atom is 0.0206 e. The minimum atomic E-state index is 0.605. The van der Waals surface area contributed by atoms with Gasteiger partial charge in [-0.25, -0.2) is 0 Å². The summed E-state index contributed by atoms with van der Waals surface area (Å²) >= 11 is 0. The van der Waals surface area contributed by atoms with Gasteiger partial charge in [0.25, 0.3) is 0 Å². The van der Waals surface area contributed by atoms with Crippen LogP contribution in [0.15, 0.2) is 24.3 Å². The highest BCUT2D eigenvalue weighted by atomic mass is 15.1. The smallest absolute Gasteiger partial charge is 0.0206 e. The lowest BCUT2D eigenvalue weighted by atomic mass is 9.62. The van der Waals surface area contributed by atoms with E-state index >= 15 is 0 Å². The van der Waals surface area contributed by atoms with Crippen LogP contribution in [0.3, 0.4) is 0 Å². The molecule has 0 saturated carbocycles. The molecule has 2 N–H and O–H groups in total. The molecule has 1 aromatic rings. The van der Waals surface area contributed by atoms with E-state index < -0.39 is 0 Å². The number of nitrogens with one attached hydrogen (secondary N) is 2. The normalized spacial score (nSPS) is 33.1. The molecular weight excluding hydrogens is 220 g/mol. The van der Waals surface area contributed by atoms with Gasteiger partial charge in [0, 0.05) is 23.9 Å². The Bertz CT molecular complexity index is 448. The summed E-state index contributed by atoms with van der Waals surface area (Å²) in [6.45, 7) is 3.68. The molecule has 4 rings (SSSR count). The molecule has 1 aromatic carbocycles. The summed E-state index contributed by atoms with van der Waals surface area (Å²) in [5.74, 6) is 0.771. The summed E-state index contributed by atoms with van der Waals surface area (Å²) in [6, 6.07) is 9.83. The van der Waals surface area contributed by atoms with Crippen LogP contribution in [0.5, 0.6) is 0 Å². The summed E-state index contributed by atoms with van der Waals surface area (Å²) < 4.78 is 0. The van der Waals surface area contributed by atoms with Crippen molar-refractivity contribution in [2.45, 2.75) is 37.6 Å². The summed E-state index contributed by atoms with van der Waals surface area (Å²) in [5, 5.41) is 7.27. The molecule has 0 amide bonds. The minimum Gasteiger partial charge on any atom is -0.317 e. The van der Waals surface area contributed by atoms with Crippen molar-refractivity contribution in [2.24, 2.45) is 5.41 Å². The molecule has 2 atom stereocenters. The zero-order valence-corrected chi connectivity index (χ0v) is 10.9. The van der Waals surface area contributed by atoms with Crippen LogP contribution >= 0.6 is 0 Å². The van der Waals surface area contributed by atoms with Gasteiger partial charge in [-0.1, -0.05) is 24.3 Å². The van der Waals surface area contributed by atoms with Crippen LogP contribution in [-0.4, -0.2) is 25.7 Å². The third-order valence-corrected chi connectivity index (χ3v) is 5.51. The second-order valence-electron chi connectivity index (χ2n) is 6.31. The van der Waals surface area contributed by atoms with Gasteiger partial charge in [0.1, 0.15) is 0 Å². The molecule has 2 heterocycles. The lowest BCUT2D eigenvalue weighted by Gasteiger charge is -2.55. The quantitative estimate of drug-likeness (QED) is 0.787. The first-order valence-corrected chi connectivity index (χ1v) is 7.41. The van der Waals surface area contributed by atoms with E-state index in [1.807, 2.05) is 0 Å². The second-order valence-corrected chi connectivity index (χ2v) is 6.31. The Hall–Kier alpha value is -0.860. The third kappa shape index (κ3) is 1.49. The van der Waals surface area contributed by atoms with E-state index in [1.54, 1.807) is 11.1 Å². The molecule has 1 aliphatic carbocycles. The lowest BCUT2D eigenvalue weighted by Crippen LogP contribution is -2.67. The SMILES string of the molecule is c1ccc2c(c1)CCC2C1NCC12CCNCC2. The highest BCUT2D eigenvalue weighted by molar-refractivity contribution is 5.37. The first-order valence-electron chi connectivity index (χ1n) is 7.41. The Labute approximate surface area is 109 Å². The zero-order chi connectivity index (χ0) is 12.0. The Morgan fingerprint density at radius 3 is 2.72 bits per heavy atom. The van der Waals surface area contributed by atoms with Crippen molar-refractivity contribution in [3.8, 4) is 0 Å². The molecule has 0 bridgehead atoms. The molecule has 0 radical (unpaired) electrons. The van der Waals surface area contributed by atoms with E-state index in [4.69, 9.17) is 0 Å². The summed E-state index contributed by atoms with van der Waals surface area (Å²) in [6.07, 6.45) is 5.37. The van der Waals surface area contributed by atoms with Crippen molar-refractivity contribution in [3.63, 3.8) is 0 Å². The van der Waals surface area contributed by atoms with Crippen LogP contribution in [-0.2, 0) is 6.42 Å². The number of rotatable bonds is 1. The molecule has 1 spiro atoms. The average Bonchev–Trinajstić information content (AvgIpc) is 2.83. The predicted molar refractivity (Wildman–Crippen MR) is 73.8 cm³/mol. The summed E-state index contributed by atoms with van der Waals surface area (Å²) in [5.41, 5.74) is 3.83. The van der Waals surface area contributed by atoms with Gasteiger partial charge < -0.3 is 10.6 Å². The van der Waals surface area contributed by atoms with E-state index in [1.165, 1.54) is 45.3 Å². The standard InChI is InChI=1S/C16H22N2/c1-2-4-13-12(3-1)5-6-14(13)15-16(11-18-15)7-9-17-10-8-16/h1-4,14-15,17-18H,5-11H2. The van der Waals surface area contributed by atoms with Crippen LogP contribution in [0.25, 0.3) is 0 Å². The van der Waals surface area contributed by atoms with Gasteiger partial charge in [0.15, 0.2) is 0 Å². The second kappa shape index (κ2) is 4.07. The summed E-state index contributed by atoms with van der Waals surface area (Å²) in [4.78, 5) is 0. The molecule has 2 nitrogen and oxygen atoms in total. The van der Waals surface area contributed by atoms with Crippen LogP contribution in [0.1, 0.15) is 36.3 Å². The molecule has 96 valence electrons. The first-order chi connectivity index (χ1) is 8.89. The van der Waals surface area contributed by atoms with E-state index in [9.17, 15) is 0 Å². The number of hydrogen-bond acceptors (Lipinski definition) is 2. The fourth-order valence-electron chi connectivity index (χ4n) is 4.43. The highest BCUT2D eigenvalue weighted by Crippen LogP contribution is 2.48.